The molecule has 2 aliphatic rings. The van der Waals surface area contributed by atoms with Crippen LogP contribution < -0.4 is 4.74 Å². The molecule has 4 nitrogen and oxygen atoms in total. The van der Waals surface area contributed by atoms with E-state index in [1.165, 1.54) is 12.8 Å². The van der Waals surface area contributed by atoms with E-state index in [9.17, 15) is 4.79 Å². The third-order valence-electron chi connectivity index (χ3n) is 5.04. The fourth-order valence-corrected chi connectivity index (χ4v) is 3.32. The fraction of sp³-hybridized carbons (Fsp3) is 0.611. The van der Waals surface area contributed by atoms with Gasteiger partial charge in [0.2, 0.25) is 5.91 Å². The molecule has 1 heterocycles. The van der Waals surface area contributed by atoms with Crippen LogP contribution in [-0.2, 0) is 11.2 Å². The monoisotopic (exact) mass is 302 g/mol. The van der Waals surface area contributed by atoms with Gasteiger partial charge in [-0.05, 0) is 43.4 Å². The number of benzene rings is 1. The maximum absolute atomic E-state index is 12.5. The smallest absolute Gasteiger partial charge is 0.227 e. The highest BCUT2D eigenvalue weighted by Gasteiger charge is 2.33. The molecule has 1 aliphatic heterocycles. The van der Waals surface area contributed by atoms with Gasteiger partial charge in [-0.25, -0.2) is 0 Å². The highest BCUT2D eigenvalue weighted by molar-refractivity contribution is 5.79. The molecule has 1 saturated carbocycles. The zero-order valence-electron chi connectivity index (χ0n) is 13.6. The van der Waals surface area contributed by atoms with E-state index < -0.39 is 0 Å². The van der Waals surface area contributed by atoms with Gasteiger partial charge in [-0.3, -0.25) is 9.69 Å². The second-order valence-corrected chi connectivity index (χ2v) is 6.52. The molecule has 120 valence electrons. The van der Waals surface area contributed by atoms with Crippen LogP contribution in [0.15, 0.2) is 24.3 Å². The number of hydrogen-bond acceptors (Lipinski definition) is 3. The highest BCUT2D eigenvalue weighted by atomic mass is 16.5. The van der Waals surface area contributed by atoms with Crippen molar-refractivity contribution in [1.29, 1.82) is 0 Å². The molecule has 1 aliphatic carbocycles. The Morgan fingerprint density at radius 3 is 2.64 bits per heavy atom. The average molecular weight is 302 g/mol. The van der Waals surface area contributed by atoms with Crippen molar-refractivity contribution in [3.63, 3.8) is 0 Å². The maximum Gasteiger partial charge on any atom is 0.227 e. The fourth-order valence-electron chi connectivity index (χ4n) is 3.32. The van der Waals surface area contributed by atoms with Gasteiger partial charge < -0.3 is 9.64 Å². The summed E-state index contributed by atoms with van der Waals surface area (Å²) in [5, 5.41) is 0. The van der Waals surface area contributed by atoms with Crippen molar-refractivity contribution >= 4 is 5.91 Å². The van der Waals surface area contributed by atoms with Gasteiger partial charge in [0.1, 0.15) is 5.75 Å². The first kappa shape index (κ1) is 15.3. The number of methoxy groups -OCH3 is 1. The SMILES string of the molecule is COc1cccc(CC(=O)N2CCN(C(C)C3CC3)CC2)c1. The Hall–Kier alpha value is -1.55. The van der Waals surface area contributed by atoms with E-state index in [2.05, 4.69) is 11.8 Å². The minimum atomic E-state index is 0.229. The molecule has 0 bridgehead atoms. The van der Waals surface area contributed by atoms with Crippen LogP contribution in [0.3, 0.4) is 0 Å². The van der Waals surface area contributed by atoms with E-state index in [0.717, 1.165) is 43.4 Å². The summed E-state index contributed by atoms with van der Waals surface area (Å²) in [7, 11) is 1.65. The van der Waals surface area contributed by atoms with Crippen LogP contribution in [0.25, 0.3) is 0 Å². The van der Waals surface area contributed by atoms with Crippen LogP contribution in [0, 0.1) is 5.92 Å². The summed E-state index contributed by atoms with van der Waals surface area (Å²) in [6.45, 7) is 6.09. The van der Waals surface area contributed by atoms with Crippen molar-refractivity contribution in [2.45, 2.75) is 32.2 Å². The van der Waals surface area contributed by atoms with E-state index >= 15 is 0 Å². The van der Waals surface area contributed by atoms with Crippen LogP contribution in [-0.4, -0.2) is 55.0 Å². The highest BCUT2D eigenvalue weighted by Crippen LogP contribution is 2.35. The van der Waals surface area contributed by atoms with Crippen LogP contribution in [0.1, 0.15) is 25.3 Å². The summed E-state index contributed by atoms with van der Waals surface area (Å²) in [5.41, 5.74) is 1.03. The van der Waals surface area contributed by atoms with Gasteiger partial charge in [0, 0.05) is 32.2 Å². The van der Waals surface area contributed by atoms with Gasteiger partial charge in [-0.1, -0.05) is 12.1 Å². The Morgan fingerprint density at radius 2 is 2.00 bits per heavy atom. The summed E-state index contributed by atoms with van der Waals surface area (Å²) in [5.74, 6) is 1.94. The van der Waals surface area contributed by atoms with Gasteiger partial charge in [-0.2, -0.15) is 0 Å². The second kappa shape index (κ2) is 6.69. The first-order chi connectivity index (χ1) is 10.7. The number of ether oxygens (including phenoxy) is 1. The summed E-state index contributed by atoms with van der Waals surface area (Å²) < 4.78 is 5.22. The van der Waals surface area contributed by atoms with Crippen molar-refractivity contribution in [1.82, 2.24) is 9.80 Å². The summed E-state index contributed by atoms with van der Waals surface area (Å²) in [6.07, 6.45) is 3.24. The summed E-state index contributed by atoms with van der Waals surface area (Å²) in [4.78, 5) is 17.0. The maximum atomic E-state index is 12.5. The molecule has 3 rings (SSSR count). The molecular weight excluding hydrogens is 276 g/mol. The van der Waals surface area contributed by atoms with E-state index in [1.807, 2.05) is 29.2 Å². The number of carbonyl (C=O) groups is 1. The van der Waals surface area contributed by atoms with Gasteiger partial charge in [-0.15, -0.1) is 0 Å². The predicted octanol–water partition coefficient (Wildman–Crippen LogP) is 2.18. The van der Waals surface area contributed by atoms with Crippen molar-refractivity contribution in [3.8, 4) is 5.75 Å². The molecule has 1 aromatic carbocycles. The summed E-state index contributed by atoms with van der Waals surface area (Å²) in [6, 6.07) is 8.48. The standard InChI is InChI=1S/C18H26N2O2/c1-14(16-6-7-16)19-8-10-20(11-9-19)18(21)13-15-4-3-5-17(12-15)22-2/h3-5,12,14,16H,6-11,13H2,1-2H3. The zero-order valence-corrected chi connectivity index (χ0v) is 13.6. The van der Waals surface area contributed by atoms with E-state index in [0.29, 0.717) is 12.5 Å². The number of rotatable bonds is 5. The minimum absolute atomic E-state index is 0.229. The first-order valence-electron chi connectivity index (χ1n) is 8.32. The van der Waals surface area contributed by atoms with Crippen LogP contribution in [0.4, 0.5) is 0 Å². The molecule has 1 amide bonds. The molecule has 0 N–H and O–H groups in total. The number of carbonyl (C=O) groups excluding carboxylic acids is 1. The molecular formula is C18H26N2O2. The van der Waals surface area contributed by atoms with Gasteiger partial charge in [0.25, 0.3) is 0 Å². The molecule has 2 fully saturated rings. The second-order valence-electron chi connectivity index (χ2n) is 6.52. The van der Waals surface area contributed by atoms with Crippen LogP contribution in [0.5, 0.6) is 5.75 Å². The molecule has 0 aromatic heterocycles. The molecule has 0 radical (unpaired) electrons. The number of piperazine rings is 1. The Balaban J connectivity index is 1.51. The van der Waals surface area contributed by atoms with E-state index in [-0.39, 0.29) is 5.91 Å². The molecule has 0 spiro atoms. The Bertz CT molecular complexity index is 520. The van der Waals surface area contributed by atoms with E-state index in [1.54, 1.807) is 7.11 Å². The third-order valence-corrected chi connectivity index (χ3v) is 5.04. The van der Waals surface area contributed by atoms with Crippen molar-refractivity contribution in [2.24, 2.45) is 5.92 Å². The first-order valence-corrected chi connectivity index (χ1v) is 8.32. The van der Waals surface area contributed by atoms with E-state index in [4.69, 9.17) is 4.74 Å². The Labute approximate surface area is 133 Å². The van der Waals surface area contributed by atoms with Crippen molar-refractivity contribution in [3.05, 3.63) is 29.8 Å². The lowest BCUT2D eigenvalue weighted by Crippen LogP contribution is -2.52. The number of nitrogens with zero attached hydrogens (tertiary/aromatic N) is 2. The number of hydrogen-bond donors (Lipinski definition) is 0. The largest absolute Gasteiger partial charge is 0.497 e. The van der Waals surface area contributed by atoms with Gasteiger partial charge >= 0.3 is 0 Å². The zero-order chi connectivity index (χ0) is 15.5. The lowest BCUT2D eigenvalue weighted by molar-refractivity contribution is -0.132. The molecule has 1 unspecified atom stereocenters. The molecule has 4 heteroatoms. The molecule has 1 saturated heterocycles. The van der Waals surface area contributed by atoms with Crippen molar-refractivity contribution < 1.29 is 9.53 Å². The van der Waals surface area contributed by atoms with Crippen LogP contribution >= 0.6 is 0 Å². The average Bonchev–Trinajstić information content (AvgIpc) is 3.39. The molecule has 1 atom stereocenters. The normalized spacial score (nSPS) is 20.7. The number of amides is 1. The third kappa shape index (κ3) is 3.61. The topological polar surface area (TPSA) is 32.8 Å². The van der Waals surface area contributed by atoms with Crippen molar-refractivity contribution in [2.75, 3.05) is 33.3 Å². The Morgan fingerprint density at radius 1 is 1.27 bits per heavy atom. The van der Waals surface area contributed by atoms with Gasteiger partial charge in [0.15, 0.2) is 0 Å². The Kier molecular flexibility index (Phi) is 4.67. The lowest BCUT2D eigenvalue weighted by Gasteiger charge is -2.38. The minimum Gasteiger partial charge on any atom is -0.497 e. The summed E-state index contributed by atoms with van der Waals surface area (Å²) >= 11 is 0. The quantitative estimate of drug-likeness (QED) is 0.836. The molecule has 1 aromatic rings. The van der Waals surface area contributed by atoms with Crippen LogP contribution in [0.2, 0.25) is 0 Å². The lowest BCUT2D eigenvalue weighted by atomic mass is 10.1. The van der Waals surface area contributed by atoms with Gasteiger partial charge in [0.05, 0.1) is 13.5 Å². The molecule has 22 heavy (non-hydrogen) atoms. The predicted molar refractivity (Wildman–Crippen MR) is 87.0 cm³/mol.